The molecule has 2 aromatic rings. The molecule has 2 rings (SSSR count). The van der Waals surface area contributed by atoms with E-state index in [1.54, 1.807) is 0 Å². The van der Waals surface area contributed by atoms with E-state index in [-0.39, 0.29) is 17.1 Å². The fourth-order valence-corrected chi connectivity index (χ4v) is 1.79. The molecule has 6 heteroatoms. The minimum absolute atomic E-state index is 0.124. The third-order valence-corrected chi connectivity index (χ3v) is 2.80. The fourth-order valence-electron chi connectivity index (χ4n) is 1.63. The summed E-state index contributed by atoms with van der Waals surface area (Å²) in [6.45, 7) is 0. The lowest BCUT2D eigenvalue weighted by Gasteiger charge is -2.10. The second kappa shape index (κ2) is 4.65. The number of rotatable bonds is 2. The number of hydrogen-bond acceptors (Lipinski definition) is 0. The molecule has 96 valence electrons. The Morgan fingerprint density at radius 1 is 1.22 bits per heavy atom. The van der Waals surface area contributed by atoms with Gasteiger partial charge in [-0.3, -0.25) is 0 Å². The predicted molar refractivity (Wildman–Crippen MR) is 60.7 cm³/mol. The molecule has 1 aromatic carbocycles. The number of alkyl halides is 4. The van der Waals surface area contributed by atoms with Gasteiger partial charge in [0.25, 0.3) is 0 Å². The maximum absolute atomic E-state index is 13.8. The molecule has 0 saturated carbocycles. The first-order valence-corrected chi connectivity index (χ1v) is 5.56. The van der Waals surface area contributed by atoms with Crippen molar-refractivity contribution in [3.05, 3.63) is 47.4 Å². The van der Waals surface area contributed by atoms with Crippen LogP contribution in [0.2, 0.25) is 0 Å². The first kappa shape index (κ1) is 13.0. The molecule has 0 aliphatic carbocycles. The zero-order valence-corrected chi connectivity index (χ0v) is 9.74. The van der Waals surface area contributed by atoms with Crippen LogP contribution in [0.5, 0.6) is 0 Å². The second-order valence-corrected chi connectivity index (χ2v) is 3.99. The molecule has 0 saturated heterocycles. The normalized spacial score (nSPS) is 11.8. The standard InChI is InChI=1S/C12H8ClF4N/c13-5-7-4-10(18-6-7)8-2-1-3-9(11(8)14)12(15,16)17/h1-4,6,18H,5H2. The molecule has 0 bridgehead atoms. The highest BCUT2D eigenvalue weighted by Gasteiger charge is 2.35. The van der Waals surface area contributed by atoms with E-state index in [1.807, 2.05) is 0 Å². The van der Waals surface area contributed by atoms with Crippen LogP contribution in [0.1, 0.15) is 11.1 Å². The Morgan fingerprint density at radius 3 is 2.50 bits per heavy atom. The van der Waals surface area contributed by atoms with Crippen molar-refractivity contribution in [3.8, 4) is 11.3 Å². The van der Waals surface area contributed by atoms with Crippen LogP contribution in [-0.2, 0) is 12.1 Å². The van der Waals surface area contributed by atoms with Crippen molar-refractivity contribution in [2.45, 2.75) is 12.1 Å². The van der Waals surface area contributed by atoms with E-state index in [9.17, 15) is 17.6 Å². The van der Waals surface area contributed by atoms with Gasteiger partial charge in [0.15, 0.2) is 0 Å². The first-order valence-electron chi connectivity index (χ1n) is 5.03. The minimum Gasteiger partial charge on any atom is -0.361 e. The lowest BCUT2D eigenvalue weighted by atomic mass is 10.1. The Hall–Kier alpha value is -1.49. The second-order valence-electron chi connectivity index (χ2n) is 3.72. The van der Waals surface area contributed by atoms with Crippen molar-refractivity contribution in [3.63, 3.8) is 0 Å². The number of hydrogen-bond donors (Lipinski definition) is 1. The molecule has 0 radical (unpaired) electrons. The van der Waals surface area contributed by atoms with E-state index in [2.05, 4.69) is 4.98 Å². The highest BCUT2D eigenvalue weighted by atomic mass is 35.5. The van der Waals surface area contributed by atoms with Crippen molar-refractivity contribution in [1.29, 1.82) is 0 Å². The van der Waals surface area contributed by atoms with Crippen LogP contribution >= 0.6 is 11.6 Å². The topological polar surface area (TPSA) is 15.8 Å². The van der Waals surface area contributed by atoms with Crippen LogP contribution in [0.4, 0.5) is 17.6 Å². The lowest BCUT2D eigenvalue weighted by molar-refractivity contribution is -0.139. The average molecular weight is 278 g/mol. The van der Waals surface area contributed by atoms with E-state index in [4.69, 9.17) is 11.6 Å². The van der Waals surface area contributed by atoms with Gasteiger partial charge in [0.2, 0.25) is 0 Å². The molecular formula is C12H8ClF4N. The summed E-state index contributed by atoms with van der Waals surface area (Å²) in [5, 5.41) is 0. The molecule has 0 amide bonds. The molecule has 1 aromatic heterocycles. The van der Waals surface area contributed by atoms with Crippen LogP contribution in [0.25, 0.3) is 11.3 Å². The van der Waals surface area contributed by atoms with E-state index in [0.717, 1.165) is 0 Å². The Kier molecular flexibility index (Phi) is 3.34. The third kappa shape index (κ3) is 2.36. The fraction of sp³-hybridized carbons (Fsp3) is 0.167. The number of aromatic nitrogens is 1. The van der Waals surface area contributed by atoms with Crippen molar-refractivity contribution in [2.24, 2.45) is 0 Å². The van der Waals surface area contributed by atoms with Crippen molar-refractivity contribution >= 4 is 11.6 Å². The molecule has 1 nitrogen and oxygen atoms in total. The van der Waals surface area contributed by atoms with Gasteiger partial charge in [-0.25, -0.2) is 4.39 Å². The Morgan fingerprint density at radius 2 is 1.94 bits per heavy atom. The van der Waals surface area contributed by atoms with Crippen LogP contribution in [0, 0.1) is 5.82 Å². The van der Waals surface area contributed by atoms with Gasteiger partial charge in [0.1, 0.15) is 5.82 Å². The maximum atomic E-state index is 13.8. The Balaban J connectivity index is 2.52. The van der Waals surface area contributed by atoms with E-state index < -0.39 is 17.6 Å². The zero-order valence-electron chi connectivity index (χ0n) is 8.98. The summed E-state index contributed by atoms with van der Waals surface area (Å²) in [6, 6.07) is 4.69. The number of benzene rings is 1. The van der Waals surface area contributed by atoms with Gasteiger partial charge >= 0.3 is 6.18 Å². The Bertz CT molecular complexity index is 559. The Labute approximate surface area is 105 Å². The van der Waals surface area contributed by atoms with Crippen molar-refractivity contribution < 1.29 is 17.6 Å². The number of aromatic amines is 1. The number of halogens is 5. The highest BCUT2D eigenvalue weighted by molar-refractivity contribution is 6.17. The first-order chi connectivity index (χ1) is 8.43. The summed E-state index contributed by atoms with van der Waals surface area (Å²) in [7, 11) is 0. The van der Waals surface area contributed by atoms with Crippen LogP contribution < -0.4 is 0 Å². The largest absolute Gasteiger partial charge is 0.419 e. The molecule has 0 atom stereocenters. The molecule has 18 heavy (non-hydrogen) atoms. The van der Waals surface area contributed by atoms with Gasteiger partial charge < -0.3 is 4.98 Å². The van der Waals surface area contributed by atoms with Crippen molar-refractivity contribution in [2.75, 3.05) is 0 Å². The minimum atomic E-state index is -4.71. The molecule has 0 spiro atoms. The van der Waals surface area contributed by atoms with Crippen LogP contribution in [-0.4, -0.2) is 4.98 Å². The van der Waals surface area contributed by atoms with Gasteiger partial charge in [-0.15, -0.1) is 11.6 Å². The smallest absolute Gasteiger partial charge is 0.361 e. The summed E-state index contributed by atoms with van der Waals surface area (Å²) in [5.74, 6) is -1.08. The number of H-pyrrole nitrogens is 1. The monoisotopic (exact) mass is 277 g/mol. The molecular weight excluding hydrogens is 270 g/mol. The summed E-state index contributed by atoms with van der Waals surface area (Å²) < 4.78 is 51.4. The predicted octanol–water partition coefficient (Wildman–Crippen LogP) is 4.58. The van der Waals surface area contributed by atoms with Gasteiger partial charge in [-0.1, -0.05) is 6.07 Å². The van der Waals surface area contributed by atoms with Gasteiger partial charge in [0, 0.05) is 23.3 Å². The summed E-state index contributed by atoms with van der Waals surface area (Å²) in [4.78, 5) is 2.70. The SMILES string of the molecule is Fc1c(-c2cc(CCl)c[nH]2)cccc1C(F)(F)F. The molecule has 0 unspecified atom stereocenters. The molecule has 1 heterocycles. The van der Waals surface area contributed by atoms with Crippen LogP contribution in [0.3, 0.4) is 0 Å². The maximum Gasteiger partial charge on any atom is 0.419 e. The van der Waals surface area contributed by atoms with Crippen molar-refractivity contribution in [1.82, 2.24) is 4.98 Å². The molecule has 0 aliphatic heterocycles. The van der Waals surface area contributed by atoms with Gasteiger partial charge in [0.05, 0.1) is 5.56 Å². The van der Waals surface area contributed by atoms with E-state index in [0.29, 0.717) is 11.6 Å². The van der Waals surface area contributed by atoms with E-state index in [1.165, 1.54) is 24.4 Å². The van der Waals surface area contributed by atoms with Gasteiger partial charge in [-0.2, -0.15) is 13.2 Å². The third-order valence-electron chi connectivity index (χ3n) is 2.49. The van der Waals surface area contributed by atoms with Gasteiger partial charge in [-0.05, 0) is 23.8 Å². The number of nitrogens with one attached hydrogen (secondary N) is 1. The zero-order chi connectivity index (χ0) is 13.3. The highest BCUT2D eigenvalue weighted by Crippen LogP contribution is 2.35. The molecule has 0 fully saturated rings. The summed E-state index contributed by atoms with van der Waals surface area (Å²) in [5.41, 5.74) is -0.444. The molecule has 1 N–H and O–H groups in total. The van der Waals surface area contributed by atoms with Crippen LogP contribution in [0.15, 0.2) is 30.5 Å². The summed E-state index contributed by atoms with van der Waals surface area (Å²) in [6.07, 6.45) is -3.18. The molecule has 0 aliphatic rings. The quantitative estimate of drug-likeness (QED) is 0.611. The lowest BCUT2D eigenvalue weighted by Crippen LogP contribution is -2.08. The summed E-state index contributed by atoms with van der Waals surface area (Å²) >= 11 is 5.58. The average Bonchev–Trinajstić information content (AvgIpc) is 2.76. The van der Waals surface area contributed by atoms with E-state index >= 15 is 0 Å².